The molecular formula is C15H14F4N4O3. The summed E-state index contributed by atoms with van der Waals surface area (Å²) in [5.74, 6) is -2.48. The van der Waals surface area contributed by atoms with Gasteiger partial charge in [-0.25, -0.2) is 15.0 Å². The molecule has 2 aromatic rings. The molecule has 1 aliphatic carbocycles. The number of alkyl halides is 3. The number of nitrogens with zero attached hydrogens (tertiary/aromatic N) is 4. The third-order valence-electron chi connectivity index (χ3n) is 4.23. The van der Waals surface area contributed by atoms with Crippen molar-refractivity contribution in [3.8, 4) is 0 Å². The summed E-state index contributed by atoms with van der Waals surface area (Å²) < 4.78 is 68.1. The van der Waals surface area contributed by atoms with E-state index in [-0.39, 0.29) is 11.2 Å². The molecule has 1 aliphatic heterocycles. The van der Waals surface area contributed by atoms with Gasteiger partial charge in [0.1, 0.15) is 24.9 Å². The first-order valence-corrected chi connectivity index (χ1v) is 7.76. The van der Waals surface area contributed by atoms with E-state index in [2.05, 4.69) is 19.7 Å². The molecule has 3 atom stereocenters. The molecule has 26 heavy (non-hydrogen) atoms. The average molecular weight is 374 g/mol. The Morgan fingerprint density at radius 2 is 2.00 bits per heavy atom. The highest BCUT2D eigenvalue weighted by Crippen LogP contribution is 2.44. The van der Waals surface area contributed by atoms with Crippen molar-refractivity contribution < 1.29 is 31.8 Å². The lowest BCUT2D eigenvalue weighted by Crippen LogP contribution is -2.30. The number of halogens is 4. The highest BCUT2D eigenvalue weighted by Gasteiger charge is 2.51. The van der Waals surface area contributed by atoms with E-state index >= 15 is 0 Å². The van der Waals surface area contributed by atoms with Crippen LogP contribution in [-0.2, 0) is 14.2 Å². The van der Waals surface area contributed by atoms with Crippen LogP contribution in [0.1, 0.15) is 13.8 Å². The van der Waals surface area contributed by atoms with Crippen molar-refractivity contribution in [3.05, 3.63) is 24.7 Å². The molecule has 2 aliphatic rings. The van der Waals surface area contributed by atoms with Crippen molar-refractivity contribution in [3.63, 3.8) is 0 Å². The van der Waals surface area contributed by atoms with Gasteiger partial charge in [0.2, 0.25) is 5.95 Å². The van der Waals surface area contributed by atoms with Gasteiger partial charge in [0.15, 0.2) is 17.0 Å². The molecule has 11 heteroatoms. The molecule has 0 spiro atoms. The van der Waals surface area contributed by atoms with E-state index < -0.39 is 42.8 Å². The maximum Gasteiger partial charge on any atom is 0.522 e. The zero-order valence-corrected chi connectivity index (χ0v) is 13.7. The molecule has 2 aromatic heterocycles. The van der Waals surface area contributed by atoms with Gasteiger partial charge in [0.05, 0.1) is 12.3 Å². The van der Waals surface area contributed by atoms with Gasteiger partial charge >= 0.3 is 6.36 Å². The number of imidazole rings is 1. The Bertz CT molecular complexity index is 879. The van der Waals surface area contributed by atoms with Crippen LogP contribution in [0.4, 0.5) is 17.6 Å². The number of ether oxygens (including phenoxy) is 3. The van der Waals surface area contributed by atoms with Crippen LogP contribution >= 0.6 is 0 Å². The normalized spacial score (nSPS) is 27.8. The van der Waals surface area contributed by atoms with Gasteiger partial charge in [0, 0.05) is 5.92 Å². The molecule has 0 unspecified atom stereocenters. The van der Waals surface area contributed by atoms with Crippen molar-refractivity contribution >= 4 is 16.9 Å². The Balaban J connectivity index is 1.72. The second-order valence-corrected chi connectivity index (χ2v) is 6.48. The van der Waals surface area contributed by atoms with E-state index in [9.17, 15) is 17.6 Å². The molecule has 0 N–H and O–H groups in total. The van der Waals surface area contributed by atoms with Crippen molar-refractivity contribution in [1.29, 1.82) is 0 Å². The Kier molecular flexibility index (Phi) is 3.79. The molecule has 3 heterocycles. The summed E-state index contributed by atoms with van der Waals surface area (Å²) in [5, 5.41) is 0. The van der Waals surface area contributed by atoms with Gasteiger partial charge in [-0.15, -0.1) is 13.2 Å². The molecule has 0 aromatic carbocycles. The third kappa shape index (κ3) is 2.95. The predicted molar refractivity (Wildman–Crippen MR) is 78.9 cm³/mol. The van der Waals surface area contributed by atoms with E-state index in [0.29, 0.717) is 5.70 Å². The predicted octanol–water partition coefficient (Wildman–Crippen LogP) is 2.49. The number of fused-ring (bicyclic) bond motifs is 2. The van der Waals surface area contributed by atoms with Gasteiger partial charge in [-0.1, -0.05) is 6.08 Å². The summed E-state index contributed by atoms with van der Waals surface area (Å²) in [5.41, 5.74) is 0.614. The Hall–Kier alpha value is -2.11. The zero-order chi connectivity index (χ0) is 18.7. The monoisotopic (exact) mass is 374 g/mol. The summed E-state index contributed by atoms with van der Waals surface area (Å²) in [6.07, 6.45) is -2.17. The molecule has 140 valence electrons. The second kappa shape index (κ2) is 5.69. The number of rotatable bonds is 3. The van der Waals surface area contributed by atoms with Crippen molar-refractivity contribution in [2.45, 2.75) is 38.2 Å². The minimum absolute atomic E-state index is 0.0434. The van der Waals surface area contributed by atoms with Crippen LogP contribution in [0.5, 0.6) is 0 Å². The summed E-state index contributed by atoms with van der Waals surface area (Å²) in [6, 6.07) is 0. The quantitative estimate of drug-likeness (QED) is 0.607. The van der Waals surface area contributed by atoms with Crippen LogP contribution in [0.2, 0.25) is 0 Å². The minimum atomic E-state index is -4.75. The lowest BCUT2D eigenvalue weighted by molar-refractivity contribution is -0.328. The van der Waals surface area contributed by atoms with Crippen molar-refractivity contribution in [2.75, 3.05) is 6.61 Å². The first kappa shape index (κ1) is 17.3. The molecule has 1 fully saturated rings. The molecule has 4 rings (SSSR count). The maximum atomic E-state index is 13.8. The highest BCUT2D eigenvalue weighted by atomic mass is 19.4. The fourth-order valence-corrected chi connectivity index (χ4v) is 3.29. The topological polar surface area (TPSA) is 71.3 Å². The Labute approximate surface area is 144 Å². The minimum Gasteiger partial charge on any atom is -0.343 e. The summed E-state index contributed by atoms with van der Waals surface area (Å²) in [4.78, 5) is 11.4. The molecule has 0 amide bonds. The van der Waals surface area contributed by atoms with Gasteiger partial charge in [-0.05, 0) is 13.8 Å². The first-order chi connectivity index (χ1) is 12.1. The average Bonchev–Trinajstić information content (AvgIpc) is 3.16. The zero-order valence-electron chi connectivity index (χ0n) is 13.7. The second-order valence-electron chi connectivity index (χ2n) is 6.48. The third-order valence-corrected chi connectivity index (χ3v) is 4.23. The SMILES string of the molecule is CC1(C)O[C@@H]2[C@H](COC(F)(F)F)C=C(n3cnc4c(F)ncnc43)[C@@H]2O1. The van der Waals surface area contributed by atoms with Crippen LogP contribution < -0.4 is 0 Å². The van der Waals surface area contributed by atoms with E-state index in [1.807, 2.05) is 0 Å². The smallest absolute Gasteiger partial charge is 0.343 e. The standard InChI is InChI=1S/C15H14F4N4O3/c1-14(2)25-10-7(4-24-15(17,18)19)3-8(11(10)26-14)23-6-22-9-12(16)20-5-21-13(9)23/h3,5-7,10-11H,4H2,1-2H3/t7-,10+,11-/m0/s1. The van der Waals surface area contributed by atoms with Gasteiger partial charge in [-0.2, -0.15) is 4.39 Å². The molecular weight excluding hydrogens is 360 g/mol. The largest absolute Gasteiger partial charge is 0.522 e. The van der Waals surface area contributed by atoms with Crippen molar-refractivity contribution in [1.82, 2.24) is 19.5 Å². The molecule has 7 nitrogen and oxygen atoms in total. The van der Waals surface area contributed by atoms with E-state index in [1.54, 1.807) is 19.9 Å². The lowest BCUT2D eigenvalue weighted by atomic mass is 10.1. The van der Waals surface area contributed by atoms with Crippen LogP contribution in [0.25, 0.3) is 16.9 Å². The maximum absolute atomic E-state index is 13.8. The van der Waals surface area contributed by atoms with Crippen LogP contribution in [0, 0.1) is 11.9 Å². The molecule has 1 saturated heterocycles. The van der Waals surface area contributed by atoms with E-state index in [4.69, 9.17) is 9.47 Å². The fraction of sp³-hybridized carbons (Fsp3) is 0.533. The molecule has 0 radical (unpaired) electrons. The van der Waals surface area contributed by atoms with Crippen LogP contribution in [0.15, 0.2) is 18.7 Å². The highest BCUT2D eigenvalue weighted by molar-refractivity contribution is 5.76. The van der Waals surface area contributed by atoms with Crippen molar-refractivity contribution in [2.24, 2.45) is 5.92 Å². The number of hydrogen-bond donors (Lipinski definition) is 0. The molecule has 0 saturated carbocycles. The number of aromatic nitrogens is 4. The first-order valence-electron chi connectivity index (χ1n) is 7.76. The summed E-state index contributed by atoms with van der Waals surface area (Å²) in [7, 11) is 0. The fourth-order valence-electron chi connectivity index (χ4n) is 3.29. The van der Waals surface area contributed by atoms with Gasteiger partial charge in [0.25, 0.3) is 0 Å². The van der Waals surface area contributed by atoms with E-state index in [0.717, 1.165) is 6.33 Å². The Morgan fingerprint density at radius 1 is 1.23 bits per heavy atom. The summed E-state index contributed by atoms with van der Waals surface area (Å²) >= 11 is 0. The summed E-state index contributed by atoms with van der Waals surface area (Å²) in [6.45, 7) is 2.71. The van der Waals surface area contributed by atoms with Gasteiger partial charge < -0.3 is 9.47 Å². The van der Waals surface area contributed by atoms with Crippen LogP contribution in [0.3, 0.4) is 0 Å². The Morgan fingerprint density at radius 3 is 2.73 bits per heavy atom. The van der Waals surface area contributed by atoms with E-state index in [1.165, 1.54) is 10.9 Å². The van der Waals surface area contributed by atoms with Gasteiger partial charge in [-0.3, -0.25) is 9.30 Å². The van der Waals surface area contributed by atoms with Crippen LogP contribution in [-0.4, -0.2) is 50.5 Å². The number of hydrogen-bond acceptors (Lipinski definition) is 6. The molecule has 0 bridgehead atoms. The lowest BCUT2D eigenvalue weighted by Gasteiger charge is -2.21.